The minimum absolute atomic E-state index is 0.638. The summed E-state index contributed by atoms with van der Waals surface area (Å²) in [6.07, 6.45) is 16.1. The molecular formula is C23H41O3P. The SMILES string of the molecule is CCCCCCCCCCCCc1ccc(C(CC)(CC)O[PH](=O)O)cc1. The molecule has 27 heavy (non-hydrogen) atoms. The van der Waals surface area contributed by atoms with Crippen molar-refractivity contribution in [3.8, 4) is 0 Å². The van der Waals surface area contributed by atoms with Crippen LogP contribution in [-0.2, 0) is 21.1 Å². The van der Waals surface area contributed by atoms with Crippen LogP contribution in [0.2, 0.25) is 0 Å². The maximum absolute atomic E-state index is 11.3. The van der Waals surface area contributed by atoms with Crippen LogP contribution in [0.15, 0.2) is 24.3 Å². The van der Waals surface area contributed by atoms with Crippen molar-refractivity contribution in [3.05, 3.63) is 35.4 Å². The lowest BCUT2D eigenvalue weighted by molar-refractivity contribution is 0.0536. The zero-order valence-corrected chi connectivity index (χ0v) is 18.8. The highest BCUT2D eigenvalue weighted by Crippen LogP contribution is 2.40. The van der Waals surface area contributed by atoms with Crippen molar-refractivity contribution in [1.82, 2.24) is 0 Å². The maximum Gasteiger partial charge on any atom is 0.317 e. The molecule has 1 rings (SSSR count). The summed E-state index contributed by atoms with van der Waals surface area (Å²) in [5.74, 6) is 0. The quantitative estimate of drug-likeness (QED) is 0.231. The van der Waals surface area contributed by atoms with Gasteiger partial charge in [0, 0.05) is 0 Å². The second kappa shape index (κ2) is 14.4. The minimum Gasteiger partial charge on any atom is -0.326 e. The van der Waals surface area contributed by atoms with Crippen LogP contribution in [0.1, 0.15) is 109 Å². The molecule has 4 heteroatoms. The van der Waals surface area contributed by atoms with E-state index in [4.69, 9.17) is 4.52 Å². The van der Waals surface area contributed by atoms with Gasteiger partial charge in [0.1, 0.15) is 5.60 Å². The van der Waals surface area contributed by atoms with Gasteiger partial charge in [0.05, 0.1) is 0 Å². The molecule has 0 amide bonds. The van der Waals surface area contributed by atoms with Gasteiger partial charge < -0.3 is 4.89 Å². The van der Waals surface area contributed by atoms with E-state index in [9.17, 15) is 9.46 Å². The second-order valence-electron chi connectivity index (χ2n) is 7.70. The average molecular weight is 397 g/mol. The number of rotatable bonds is 16. The Morgan fingerprint density at radius 3 is 1.74 bits per heavy atom. The first-order valence-corrected chi connectivity index (χ1v) is 12.4. The van der Waals surface area contributed by atoms with Crippen LogP contribution in [-0.4, -0.2) is 4.89 Å². The lowest BCUT2D eigenvalue weighted by Crippen LogP contribution is -2.25. The smallest absolute Gasteiger partial charge is 0.317 e. The maximum atomic E-state index is 11.3. The number of hydrogen-bond donors (Lipinski definition) is 1. The highest BCUT2D eigenvalue weighted by molar-refractivity contribution is 7.32. The predicted octanol–water partition coefficient (Wildman–Crippen LogP) is 7.56. The molecule has 0 bridgehead atoms. The lowest BCUT2D eigenvalue weighted by Gasteiger charge is -2.31. The van der Waals surface area contributed by atoms with E-state index < -0.39 is 13.9 Å². The highest BCUT2D eigenvalue weighted by Gasteiger charge is 2.31. The average Bonchev–Trinajstić information content (AvgIpc) is 2.68. The Labute approximate surface area is 167 Å². The Hall–Kier alpha value is -0.630. The third-order valence-electron chi connectivity index (χ3n) is 5.72. The van der Waals surface area contributed by atoms with Gasteiger partial charge in [-0.05, 0) is 36.8 Å². The van der Waals surface area contributed by atoms with Gasteiger partial charge in [0.15, 0.2) is 0 Å². The molecule has 0 saturated heterocycles. The van der Waals surface area contributed by atoms with E-state index >= 15 is 0 Å². The first-order valence-electron chi connectivity index (χ1n) is 11.1. The van der Waals surface area contributed by atoms with Gasteiger partial charge in [-0.2, -0.15) is 0 Å². The summed E-state index contributed by atoms with van der Waals surface area (Å²) in [6, 6.07) is 8.45. The monoisotopic (exact) mass is 396 g/mol. The molecule has 0 saturated carbocycles. The van der Waals surface area contributed by atoms with E-state index in [1.807, 2.05) is 13.8 Å². The largest absolute Gasteiger partial charge is 0.326 e. The normalized spacial score (nSPS) is 13.0. The van der Waals surface area contributed by atoms with Crippen LogP contribution in [0.25, 0.3) is 0 Å². The van der Waals surface area contributed by atoms with E-state index in [2.05, 4.69) is 31.2 Å². The first kappa shape index (κ1) is 24.4. The molecule has 0 radical (unpaired) electrons. The van der Waals surface area contributed by atoms with E-state index in [1.165, 1.54) is 69.8 Å². The van der Waals surface area contributed by atoms with E-state index in [1.54, 1.807) is 0 Å². The van der Waals surface area contributed by atoms with Crippen molar-refractivity contribution in [2.24, 2.45) is 0 Å². The Morgan fingerprint density at radius 1 is 0.815 bits per heavy atom. The van der Waals surface area contributed by atoms with Crippen molar-refractivity contribution in [1.29, 1.82) is 0 Å². The van der Waals surface area contributed by atoms with Crippen LogP contribution in [0.4, 0.5) is 0 Å². The van der Waals surface area contributed by atoms with Gasteiger partial charge in [0.25, 0.3) is 0 Å². The summed E-state index contributed by atoms with van der Waals surface area (Å²) in [6.45, 7) is 6.28. The third-order valence-corrected chi connectivity index (χ3v) is 6.29. The molecule has 1 N–H and O–H groups in total. The minimum atomic E-state index is -2.95. The summed E-state index contributed by atoms with van der Waals surface area (Å²) >= 11 is 0. The van der Waals surface area contributed by atoms with Crippen molar-refractivity contribution in [2.75, 3.05) is 0 Å². The van der Waals surface area contributed by atoms with Crippen molar-refractivity contribution in [3.63, 3.8) is 0 Å². The molecule has 3 nitrogen and oxygen atoms in total. The van der Waals surface area contributed by atoms with Crippen molar-refractivity contribution < 1.29 is 14.0 Å². The topological polar surface area (TPSA) is 46.5 Å². The molecule has 1 unspecified atom stereocenters. The molecule has 0 aliphatic rings. The number of aryl methyl sites for hydroxylation is 1. The predicted molar refractivity (Wildman–Crippen MR) is 117 cm³/mol. The fourth-order valence-electron chi connectivity index (χ4n) is 3.82. The molecule has 1 aromatic carbocycles. The summed E-state index contributed by atoms with van der Waals surface area (Å²) in [7, 11) is -2.95. The molecule has 1 aromatic rings. The molecule has 0 heterocycles. The van der Waals surface area contributed by atoms with Gasteiger partial charge in [-0.3, -0.25) is 9.09 Å². The number of hydrogen-bond acceptors (Lipinski definition) is 2. The van der Waals surface area contributed by atoms with Gasteiger partial charge in [-0.25, -0.2) is 0 Å². The Bertz CT molecular complexity index is 509. The van der Waals surface area contributed by atoms with Crippen LogP contribution in [0, 0.1) is 0 Å². The van der Waals surface area contributed by atoms with Gasteiger partial charge in [-0.1, -0.05) is 103 Å². The third kappa shape index (κ3) is 9.41. The van der Waals surface area contributed by atoms with Crippen LogP contribution < -0.4 is 0 Å². The molecule has 1 atom stereocenters. The fraction of sp³-hybridized carbons (Fsp3) is 0.739. The Kier molecular flexibility index (Phi) is 13.0. The molecule has 0 fully saturated rings. The van der Waals surface area contributed by atoms with E-state index in [0.29, 0.717) is 12.8 Å². The lowest BCUT2D eigenvalue weighted by atomic mass is 9.88. The number of unbranched alkanes of at least 4 members (excludes halogenated alkanes) is 9. The fourth-order valence-corrected chi connectivity index (χ4v) is 4.56. The van der Waals surface area contributed by atoms with E-state index in [0.717, 1.165) is 12.0 Å². The molecule has 0 aromatic heterocycles. The van der Waals surface area contributed by atoms with Gasteiger partial charge >= 0.3 is 8.25 Å². The summed E-state index contributed by atoms with van der Waals surface area (Å²) < 4.78 is 16.7. The van der Waals surface area contributed by atoms with Crippen LogP contribution in [0.3, 0.4) is 0 Å². The zero-order chi connectivity index (χ0) is 20.0. The van der Waals surface area contributed by atoms with Gasteiger partial charge in [-0.15, -0.1) is 0 Å². The Morgan fingerprint density at radius 2 is 1.30 bits per heavy atom. The first-order chi connectivity index (χ1) is 13.1. The molecular weight excluding hydrogens is 355 g/mol. The van der Waals surface area contributed by atoms with Crippen molar-refractivity contribution >= 4 is 8.25 Å². The second-order valence-corrected chi connectivity index (χ2v) is 8.43. The number of benzene rings is 1. The summed E-state index contributed by atoms with van der Waals surface area (Å²) in [5, 5.41) is 0. The highest BCUT2D eigenvalue weighted by atomic mass is 31.1. The van der Waals surface area contributed by atoms with Crippen LogP contribution in [0.5, 0.6) is 0 Å². The zero-order valence-electron chi connectivity index (χ0n) is 17.8. The molecule has 156 valence electrons. The van der Waals surface area contributed by atoms with E-state index in [-0.39, 0.29) is 0 Å². The van der Waals surface area contributed by atoms with Crippen molar-refractivity contribution in [2.45, 2.75) is 110 Å². The van der Waals surface area contributed by atoms with Crippen LogP contribution >= 0.6 is 8.25 Å². The Balaban J connectivity index is 2.31. The molecule has 0 aliphatic carbocycles. The summed E-state index contributed by atoms with van der Waals surface area (Å²) in [4.78, 5) is 9.25. The molecule has 0 aliphatic heterocycles. The van der Waals surface area contributed by atoms with Gasteiger partial charge in [0.2, 0.25) is 0 Å². The summed E-state index contributed by atoms with van der Waals surface area (Å²) in [5.41, 5.74) is 1.71. The molecule has 0 spiro atoms. The standard InChI is InChI=1S/C23H41O3P/c1-4-7-8-9-10-11-12-13-14-15-16-21-17-19-22(20-18-21)23(5-2,6-3)26-27(24)25/h17-20,27H,4-16H2,1-3H3,(H,24,25).